The minimum absolute atomic E-state index is 0.00871. The summed E-state index contributed by atoms with van der Waals surface area (Å²) in [6.45, 7) is 11.5. The number of benzene rings is 2. The molecule has 60 heavy (non-hydrogen) atoms. The SMILES string of the molecule is C=CCCCCN(Cc1ccc(OC)cc1)C(=O)N1CCC[C@H]1C(=O)NC1CC1.CC1(S(=O)(=O)NC=O)CC1.COc1ccc2c(=O)cc(-c3nc(C(C)C)cs3)[nH]c2c1. The van der Waals surface area contributed by atoms with Crippen LogP contribution in [0.5, 0.6) is 11.5 Å². The number of nitrogens with zero attached hydrogens (tertiary/aromatic N) is 3. The first kappa shape index (κ1) is 45.9. The molecule has 1 aliphatic heterocycles. The van der Waals surface area contributed by atoms with Crippen molar-refractivity contribution in [2.45, 2.75) is 108 Å². The highest BCUT2D eigenvalue weighted by Crippen LogP contribution is 2.42. The van der Waals surface area contributed by atoms with Crippen molar-refractivity contribution in [2.75, 3.05) is 27.3 Å². The number of sulfonamides is 1. The van der Waals surface area contributed by atoms with Gasteiger partial charge in [-0.3, -0.25) is 19.1 Å². The minimum Gasteiger partial charge on any atom is -0.497 e. The first-order chi connectivity index (χ1) is 28.7. The Bertz CT molecular complexity index is 2270. The number of urea groups is 1. The van der Waals surface area contributed by atoms with E-state index in [1.54, 1.807) is 55.6 Å². The van der Waals surface area contributed by atoms with E-state index in [4.69, 9.17) is 9.47 Å². The fraction of sp³-hybridized carbons (Fsp3) is 0.477. The monoisotopic (exact) mass is 862 g/mol. The largest absolute Gasteiger partial charge is 0.497 e. The van der Waals surface area contributed by atoms with Gasteiger partial charge in [-0.25, -0.2) is 18.2 Å². The van der Waals surface area contributed by atoms with Crippen molar-refractivity contribution in [3.05, 3.63) is 88.0 Å². The molecule has 16 heteroatoms. The standard InChI is InChI=1S/C23H33N3O3.C16H16N2O2S.C5H9NO3S/c1-3-4-5-6-15-25(17-18-9-13-20(29-2)14-10-18)23(28)26-16-7-8-21(26)22(27)24-19-11-12-19;1-9(2)14-8-21-16(18-14)13-7-15(19)11-5-4-10(20-3)6-12(11)17-13;1-5(2-3-5)10(8,9)6-4-7/h3,9-10,13-14,19,21H,1,4-8,11-12,15-17H2,2H3,(H,24,27);4-9H,1-3H3,(H,17,19);4H,2-3H2,1H3,(H,6,7)/t21-;;/m0../s1. The van der Waals surface area contributed by atoms with E-state index >= 15 is 0 Å². The van der Waals surface area contributed by atoms with Gasteiger partial charge in [-0.15, -0.1) is 17.9 Å². The number of nitrogens with one attached hydrogen (secondary N) is 3. The van der Waals surface area contributed by atoms with Gasteiger partial charge in [-0.1, -0.05) is 32.1 Å². The molecule has 4 aromatic rings. The fourth-order valence-electron chi connectivity index (χ4n) is 6.56. The van der Waals surface area contributed by atoms with Crippen LogP contribution in [-0.2, 0) is 26.2 Å². The molecule has 2 saturated carbocycles. The van der Waals surface area contributed by atoms with E-state index < -0.39 is 14.8 Å². The van der Waals surface area contributed by atoms with E-state index in [1.165, 1.54) is 0 Å². The highest BCUT2D eigenvalue weighted by molar-refractivity contribution is 7.91. The van der Waals surface area contributed by atoms with E-state index in [0.717, 1.165) is 83.9 Å². The normalized spacial score (nSPS) is 16.4. The third-order valence-electron chi connectivity index (χ3n) is 10.8. The number of aromatic nitrogens is 2. The maximum atomic E-state index is 13.4. The summed E-state index contributed by atoms with van der Waals surface area (Å²) in [4.78, 5) is 59.5. The summed E-state index contributed by atoms with van der Waals surface area (Å²) in [6, 6.07) is 14.8. The molecule has 0 bridgehead atoms. The molecule has 0 unspecified atom stereocenters. The van der Waals surface area contributed by atoms with Gasteiger partial charge in [0.25, 0.3) is 0 Å². The van der Waals surface area contributed by atoms with Crippen molar-refractivity contribution in [3.8, 4) is 22.2 Å². The van der Waals surface area contributed by atoms with Crippen molar-refractivity contribution in [3.63, 3.8) is 0 Å². The second-order valence-electron chi connectivity index (χ2n) is 15.9. The smallest absolute Gasteiger partial charge is 0.320 e. The van der Waals surface area contributed by atoms with E-state index in [2.05, 4.69) is 35.7 Å². The third-order valence-corrected chi connectivity index (χ3v) is 13.8. The van der Waals surface area contributed by atoms with E-state index in [1.807, 2.05) is 51.4 Å². The molecule has 4 amide bonds. The van der Waals surface area contributed by atoms with Crippen molar-refractivity contribution < 1.29 is 32.3 Å². The van der Waals surface area contributed by atoms with Crippen LogP contribution in [0.1, 0.15) is 95.7 Å². The molecule has 1 saturated heterocycles. The first-order valence-electron chi connectivity index (χ1n) is 20.4. The Morgan fingerprint density at radius 1 is 1.07 bits per heavy atom. The zero-order valence-electron chi connectivity index (χ0n) is 35.2. The molecule has 2 aromatic heterocycles. The summed E-state index contributed by atoms with van der Waals surface area (Å²) >= 11 is 1.55. The number of likely N-dealkylation sites (tertiary alicyclic amines) is 1. The molecule has 3 heterocycles. The number of rotatable bonds is 16. The maximum Gasteiger partial charge on any atom is 0.320 e. The Balaban J connectivity index is 0.000000191. The van der Waals surface area contributed by atoms with Gasteiger partial charge < -0.3 is 29.6 Å². The number of fused-ring (bicyclic) bond motifs is 1. The summed E-state index contributed by atoms with van der Waals surface area (Å²) in [5, 5.41) is 6.59. The minimum atomic E-state index is -3.35. The van der Waals surface area contributed by atoms with Crippen molar-refractivity contribution in [2.24, 2.45) is 0 Å². The average molecular weight is 863 g/mol. The number of methoxy groups -OCH3 is 2. The molecule has 3 fully saturated rings. The lowest BCUT2D eigenvalue weighted by Crippen LogP contribution is -2.51. The Morgan fingerprint density at radius 3 is 2.37 bits per heavy atom. The van der Waals surface area contributed by atoms with Crippen LogP contribution in [0.3, 0.4) is 0 Å². The zero-order chi connectivity index (χ0) is 43.5. The van der Waals surface area contributed by atoms with Crippen LogP contribution in [0.15, 0.2) is 71.4 Å². The van der Waals surface area contributed by atoms with Crippen LogP contribution < -0.4 is 24.9 Å². The second kappa shape index (κ2) is 20.8. The van der Waals surface area contributed by atoms with Crippen LogP contribution >= 0.6 is 11.3 Å². The van der Waals surface area contributed by atoms with Gasteiger partial charge in [-0.2, -0.15) is 0 Å². The van der Waals surface area contributed by atoms with Crippen LogP contribution in [-0.4, -0.2) is 90.7 Å². The number of thiazole rings is 1. The number of unbranched alkanes of at least 4 members (excludes halogenated alkanes) is 2. The number of hydrogen-bond donors (Lipinski definition) is 3. The predicted molar refractivity (Wildman–Crippen MR) is 236 cm³/mol. The molecule has 14 nitrogen and oxygen atoms in total. The molecule has 2 aromatic carbocycles. The summed E-state index contributed by atoms with van der Waals surface area (Å²) in [5.74, 6) is 1.91. The average Bonchev–Trinajstić information content (AvgIpc) is 4.08. The number of carbonyl (C=O) groups excluding carboxylic acids is 3. The van der Waals surface area contributed by atoms with Crippen molar-refractivity contribution >= 4 is 50.6 Å². The second-order valence-corrected chi connectivity index (χ2v) is 18.9. The highest BCUT2D eigenvalue weighted by Gasteiger charge is 2.50. The molecule has 0 radical (unpaired) electrons. The Labute approximate surface area is 356 Å². The van der Waals surface area contributed by atoms with Gasteiger partial charge in [0.2, 0.25) is 22.3 Å². The topological polar surface area (TPSA) is 180 Å². The lowest BCUT2D eigenvalue weighted by molar-refractivity contribution is -0.125. The van der Waals surface area contributed by atoms with Crippen LogP contribution in [0.2, 0.25) is 0 Å². The van der Waals surface area contributed by atoms with E-state index in [0.29, 0.717) is 49.8 Å². The lowest BCUT2D eigenvalue weighted by Gasteiger charge is -2.31. The molecule has 3 N–H and O–H groups in total. The molecule has 324 valence electrons. The van der Waals surface area contributed by atoms with E-state index in [9.17, 15) is 27.6 Å². The molecule has 2 aliphatic carbocycles. The van der Waals surface area contributed by atoms with Crippen molar-refractivity contribution in [1.29, 1.82) is 0 Å². The Hall–Kier alpha value is -5.22. The molecule has 0 spiro atoms. The van der Waals surface area contributed by atoms with Gasteiger partial charge in [0.15, 0.2) is 5.43 Å². The lowest BCUT2D eigenvalue weighted by atomic mass is 10.1. The van der Waals surface area contributed by atoms with Gasteiger partial charge in [0, 0.05) is 48.6 Å². The number of H-pyrrole nitrogens is 1. The summed E-state index contributed by atoms with van der Waals surface area (Å²) < 4.78 is 33.5. The number of amides is 4. The van der Waals surface area contributed by atoms with Crippen LogP contribution in [0, 0.1) is 0 Å². The molecular formula is C44H58N6O8S2. The number of hydrogen-bond acceptors (Lipinski definition) is 10. The summed E-state index contributed by atoms with van der Waals surface area (Å²) in [7, 11) is -0.101. The van der Waals surface area contributed by atoms with Crippen LogP contribution in [0.25, 0.3) is 21.6 Å². The summed E-state index contributed by atoms with van der Waals surface area (Å²) in [6.07, 6.45) is 10.0. The van der Waals surface area contributed by atoms with Gasteiger partial charge >= 0.3 is 6.03 Å². The van der Waals surface area contributed by atoms with E-state index in [-0.39, 0.29) is 29.8 Å². The predicted octanol–water partition coefficient (Wildman–Crippen LogP) is 7.11. The Kier molecular flexibility index (Phi) is 15.9. The third kappa shape index (κ3) is 12.2. The van der Waals surface area contributed by atoms with Gasteiger partial charge in [0.1, 0.15) is 22.5 Å². The number of pyridine rings is 1. The van der Waals surface area contributed by atoms with Gasteiger partial charge in [-0.05, 0) is 100 Å². The van der Waals surface area contributed by atoms with Crippen molar-refractivity contribution in [1.82, 2.24) is 29.8 Å². The molecular weight excluding hydrogens is 805 g/mol. The molecule has 7 rings (SSSR count). The molecule has 1 atom stereocenters. The number of carbonyl (C=O) groups is 3. The summed E-state index contributed by atoms with van der Waals surface area (Å²) in [5.41, 5.74) is 3.60. The number of ether oxygens (including phenoxy) is 2. The van der Waals surface area contributed by atoms with Crippen LogP contribution in [0.4, 0.5) is 4.79 Å². The zero-order valence-corrected chi connectivity index (χ0v) is 36.8. The quantitative estimate of drug-likeness (QED) is 0.0601. The maximum absolute atomic E-state index is 13.4. The van der Waals surface area contributed by atoms with Gasteiger partial charge in [0.05, 0.1) is 35.9 Å². The number of allylic oxidation sites excluding steroid dienone is 1. The molecule has 3 aliphatic rings. The highest BCUT2D eigenvalue weighted by atomic mass is 32.2. The number of aromatic amines is 1. The first-order valence-corrected chi connectivity index (χ1v) is 22.8. The Morgan fingerprint density at radius 2 is 1.77 bits per heavy atom. The fourth-order valence-corrected chi connectivity index (χ4v) is 8.56.